The molecule has 0 saturated carbocycles. The molecule has 0 aromatic carbocycles. The predicted molar refractivity (Wildman–Crippen MR) is 71.7 cm³/mol. The molecule has 1 amide bonds. The number of likely N-dealkylation sites (tertiary alicyclic amines) is 1. The number of nitrogens with zero attached hydrogens (tertiary/aromatic N) is 2. The highest BCUT2D eigenvalue weighted by Crippen LogP contribution is 2.19. The average molecular weight is 266 g/mol. The molecule has 0 bridgehead atoms. The maximum Gasteiger partial charge on any atom is 0.255 e. The van der Waals surface area contributed by atoms with Crippen LogP contribution in [0.5, 0.6) is 0 Å². The van der Waals surface area contributed by atoms with Crippen LogP contribution in [0, 0.1) is 5.92 Å². The highest BCUT2D eigenvalue weighted by molar-refractivity contribution is 7.99. The van der Waals surface area contributed by atoms with E-state index in [1.807, 2.05) is 12.1 Å². The van der Waals surface area contributed by atoms with Crippen molar-refractivity contribution in [3.8, 4) is 0 Å². The Morgan fingerprint density at radius 2 is 2.44 bits per heavy atom. The summed E-state index contributed by atoms with van der Waals surface area (Å²) in [6.07, 6.45) is 2.53. The highest BCUT2D eigenvalue weighted by atomic mass is 32.2. The van der Waals surface area contributed by atoms with Gasteiger partial charge in [-0.3, -0.25) is 4.79 Å². The number of rotatable bonds is 4. The second kappa shape index (κ2) is 6.20. The molecule has 1 N–H and O–H groups in total. The molecule has 1 aromatic heterocycles. The standard InChI is InChI=1S/C13H18N2O2S/c1-2-18-12-4-3-11(7-14-12)13(17)15-6-5-10(8-15)9-16/h3-4,7,10,16H,2,5-6,8-9H2,1H3. The molecule has 1 aliphatic rings. The number of hydrogen-bond donors (Lipinski definition) is 1. The van der Waals surface area contributed by atoms with Crippen LogP contribution in [0.4, 0.5) is 0 Å². The lowest BCUT2D eigenvalue weighted by molar-refractivity contribution is 0.0781. The second-order valence-electron chi connectivity index (χ2n) is 4.41. The molecule has 1 unspecified atom stereocenters. The number of carbonyl (C=O) groups is 1. The van der Waals surface area contributed by atoms with Crippen LogP contribution in [-0.2, 0) is 0 Å². The molecule has 1 aliphatic heterocycles. The van der Waals surface area contributed by atoms with Crippen molar-refractivity contribution in [2.75, 3.05) is 25.4 Å². The SMILES string of the molecule is CCSc1ccc(C(=O)N2CCC(CO)C2)cn1. The van der Waals surface area contributed by atoms with Gasteiger partial charge in [-0.15, -0.1) is 11.8 Å². The van der Waals surface area contributed by atoms with E-state index < -0.39 is 0 Å². The van der Waals surface area contributed by atoms with Crippen LogP contribution in [0.1, 0.15) is 23.7 Å². The number of aliphatic hydroxyl groups excluding tert-OH is 1. The monoisotopic (exact) mass is 266 g/mol. The Kier molecular flexibility index (Phi) is 4.60. The van der Waals surface area contributed by atoms with E-state index >= 15 is 0 Å². The fourth-order valence-corrected chi connectivity index (χ4v) is 2.68. The summed E-state index contributed by atoms with van der Waals surface area (Å²) < 4.78 is 0. The molecule has 1 fully saturated rings. The zero-order valence-corrected chi connectivity index (χ0v) is 11.3. The number of aromatic nitrogens is 1. The fourth-order valence-electron chi connectivity index (χ4n) is 2.09. The van der Waals surface area contributed by atoms with Gasteiger partial charge in [0.25, 0.3) is 5.91 Å². The Bertz CT molecular complexity index is 408. The first-order valence-electron chi connectivity index (χ1n) is 6.23. The molecule has 5 heteroatoms. The summed E-state index contributed by atoms with van der Waals surface area (Å²) in [5.74, 6) is 1.23. The minimum Gasteiger partial charge on any atom is -0.396 e. The van der Waals surface area contributed by atoms with Crippen molar-refractivity contribution >= 4 is 17.7 Å². The van der Waals surface area contributed by atoms with Crippen LogP contribution >= 0.6 is 11.8 Å². The van der Waals surface area contributed by atoms with Crippen molar-refractivity contribution in [2.45, 2.75) is 18.4 Å². The topological polar surface area (TPSA) is 53.4 Å². The molecule has 0 aliphatic carbocycles. The molecule has 0 spiro atoms. The molecule has 2 heterocycles. The second-order valence-corrected chi connectivity index (χ2v) is 5.69. The normalized spacial score (nSPS) is 19.2. The van der Waals surface area contributed by atoms with E-state index in [0.29, 0.717) is 12.1 Å². The van der Waals surface area contributed by atoms with Gasteiger partial charge < -0.3 is 10.0 Å². The predicted octanol–water partition coefficient (Wildman–Crippen LogP) is 1.65. The largest absolute Gasteiger partial charge is 0.396 e. The fraction of sp³-hybridized carbons (Fsp3) is 0.538. The number of pyridine rings is 1. The van der Waals surface area contributed by atoms with Crippen molar-refractivity contribution in [1.29, 1.82) is 0 Å². The Hall–Kier alpha value is -1.07. The van der Waals surface area contributed by atoms with Gasteiger partial charge in [0.1, 0.15) is 0 Å². The van der Waals surface area contributed by atoms with Gasteiger partial charge >= 0.3 is 0 Å². The summed E-state index contributed by atoms with van der Waals surface area (Å²) in [5, 5.41) is 10.0. The van der Waals surface area contributed by atoms with Crippen LogP contribution in [0.3, 0.4) is 0 Å². The summed E-state index contributed by atoms with van der Waals surface area (Å²) >= 11 is 1.66. The molecular weight excluding hydrogens is 248 g/mol. The van der Waals surface area contributed by atoms with E-state index in [0.717, 1.165) is 23.7 Å². The summed E-state index contributed by atoms with van der Waals surface area (Å²) in [5.41, 5.74) is 0.633. The van der Waals surface area contributed by atoms with Crippen LogP contribution < -0.4 is 0 Å². The van der Waals surface area contributed by atoms with E-state index in [4.69, 9.17) is 5.11 Å². The Balaban J connectivity index is 2.00. The van der Waals surface area contributed by atoms with Crippen LogP contribution in [0.2, 0.25) is 0 Å². The molecule has 4 nitrogen and oxygen atoms in total. The molecule has 1 saturated heterocycles. The lowest BCUT2D eigenvalue weighted by Gasteiger charge is -2.16. The van der Waals surface area contributed by atoms with Gasteiger partial charge in [0.2, 0.25) is 0 Å². The number of amides is 1. The van der Waals surface area contributed by atoms with Crippen LogP contribution in [0.15, 0.2) is 23.4 Å². The van der Waals surface area contributed by atoms with E-state index in [9.17, 15) is 4.79 Å². The van der Waals surface area contributed by atoms with Gasteiger partial charge in [-0.05, 0) is 24.3 Å². The van der Waals surface area contributed by atoms with Gasteiger partial charge in [-0.2, -0.15) is 0 Å². The lowest BCUT2D eigenvalue weighted by atomic mass is 10.1. The quantitative estimate of drug-likeness (QED) is 0.842. The van der Waals surface area contributed by atoms with Gasteiger partial charge in [0.15, 0.2) is 0 Å². The van der Waals surface area contributed by atoms with E-state index in [2.05, 4.69) is 11.9 Å². The maximum absolute atomic E-state index is 12.2. The Morgan fingerprint density at radius 3 is 3.00 bits per heavy atom. The first kappa shape index (κ1) is 13.4. The summed E-state index contributed by atoms with van der Waals surface area (Å²) in [7, 11) is 0. The molecule has 98 valence electrons. The zero-order chi connectivity index (χ0) is 13.0. The Morgan fingerprint density at radius 1 is 1.61 bits per heavy atom. The third-order valence-electron chi connectivity index (χ3n) is 3.11. The molecule has 1 atom stereocenters. The first-order valence-corrected chi connectivity index (χ1v) is 7.22. The molecule has 1 aromatic rings. The summed E-state index contributed by atoms with van der Waals surface area (Å²) in [6, 6.07) is 3.72. The summed E-state index contributed by atoms with van der Waals surface area (Å²) in [4.78, 5) is 18.2. The van der Waals surface area contributed by atoms with Crippen LogP contribution in [0.25, 0.3) is 0 Å². The van der Waals surface area contributed by atoms with E-state index in [-0.39, 0.29) is 18.4 Å². The van der Waals surface area contributed by atoms with E-state index in [1.165, 1.54) is 0 Å². The van der Waals surface area contributed by atoms with Gasteiger partial charge in [-0.25, -0.2) is 4.98 Å². The highest BCUT2D eigenvalue weighted by Gasteiger charge is 2.26. The van der Waals surface area contributed by atoms with Gasteiger partial charge in [0, 0.05) is 31.8 Å². The van der Waals surface area contributed by atoms with Crippen molar-refractivity contribution in [1.82, 2.24) is 9.88 Å². The number of carbonyl (C=O) groups excluding carboxylic acids is 1. The molecule has 0 radical (unpaired) electrons. The number of thioether (sulfide) groups is 1. The molecule has 18 heavy (non-hydrogen) atoms. The average Bonchev–Trinajstić information content (AvgIpc) is 2.88. The van der Waals surface area contributed by atoms with E-state index in [1.54, 1.807) is 22.9 Å². The first-order chi connectivity index (χ1) is 8.74. The Labute approximate surface area is 111 Å². The minimum atomic E-state index is 0.0199. The van der Waals surface area contributed by atoms with Gasteiger partial charge in [-0.1, -0.05) is 6.92 Å². The lowest BCUT2D eigenvalue weighted by Crippen LogP contribution is -2.29. The zero-order valence-electron chi connectivity index (χ0n) is 10.5. The van der Waals surface area contributed by atoms with Crippen molar-refractivity contribution in [2.24, 2.45) is 5.92 Å². The molecule has 2 rings (SSSR count). The third-order valence-corrected chi connectivity index (χ3v) is 3.93. The van der Waals surface area contributed by atoms with Crippen LogP contribution in [-0.4, -0.2) is 46.3 Å². The maximum atomic E-state index is 12.2. The third kappa shape index (κ3) is 3.03. The van der Waals surface area contributed by atoms with Crippen molar-refractivity contribution < 1.29 is 9.90 Å². The molecular formula is C13H18N2O2S. The number of hydrogen-bond acceptors (Lipinski definition) is 4. The summed E-state index contributed by atoms with van der Waals surface area (Å²) in [6.45, 7) is 3.62. The van der Waals surface area contributed by atoms with Crippen molar-refractivity contribution in [3.05, 3.63) is 23.9 Å². The number of aliphatic hydroxyl groups is 1. The van der Waals surface area contributed by atoms with Gasteiger partial charge in [0.05, 0.1) is 10.6 Å². The van der Waals surface area contributed by atoms with Crippen molar-refractivity contribution in [3.63, 3.8) is 0 Å². The minimum absolute atomic E-state index is 0.0199. The smallest absolute Gasteiger partial charge is 0.255 e.